The predicted octanol–water partition coefficient (Wildman–Crippen LogP) is 4.72. The number of anilines is 1. The summed E-state index contributed by atoms with van der Waals surface area (Å²) in [4.78, 5) is 12.9. The van der Waals surface area contributed by atoms with Gasteiger partial charge in [-0.3, -0.25) is 9.48 Å². The van der Waals surface area contributed by atoms with Gasteiger partial charge in [0.1, 0.15) is 11.5 Å². The molecule has 0 radical (unpaired) electrons. The highest BCUT2D eigenvalue weighted by Gasteiger charge is 2.34. The number of carbonyl (C=O) groups excluding carboxylic acids is 1. The second-order valence-corrected chi connectivity index (χ2v) is 9.20. The fraction of sp³-hybridized carbons (Fsp3) is 0.458. The SMILES string of the molecule is CCOc1ccc(Cn2cc(NC(=O)c3noc4c3CC(C(C)(C)C)CC4)cn2)cc1. The number of rotatable bonds is 6. The molecule has 1 aliphatic rings. The van der Waals surface area contributed by atoms with Crippen LogP contribution in [0.4, 0.5) is 5.69 Å². The fourth-order valence-corrected chi connectivity index (χ4v) is 4.07. The summed E-state index contributed by atoms with van der Waals surface area (Å²) in [5.74, 6) is 1.95. The van der Waals surface area contributed by atoms with Gasteiger partial charge in [-0.25, -0.2) is 0 Å². The summed E-state index contributed by atoms with van der Waals surface area (Å²) in [5.41, 5.74) is 3.26. The Bertz CT molecular complexity index is 1040. The molecular formula is C24H30N4O3. The summed E-state index contributed by atoms with van der Waals surface area (Å²) >= 11 is 0. The van der Waals surface area contributed by atoms with Crippen LogP contribution in [0.15, 0.2) is 41.2 Å². The van der Waals surface area contributed by atoms with Crippen molar-refractivity contribution in [3.63, 3.8) is 0 Å². The van der Waals surface area contributed by atoms with Gasteiger partial charge in [0, 0.05) is 18.2 Å². The Kier molecular flexibility index (Phi) is 5.85. The maximum absolute atomic E-state index is 12.9. The Morgan fingerprint density at radius 3 is 2.77 bits per heavy atom. The average molecular weight is 423 g/mol. The number of hydrogen-bond acceptors (Lipinski definition) is 5. The molecular weight excluding hydrogens is 392 g/mol. The number of fused-ring (bicyclic) bond motifs is 1. The van der Waals surface area contributed by atoms with E-state index in [1.165, 1.54) is 0 Å². The van der Waals surface area contributed by atoms with Gasteiger partial charge < -0.3 is 14.6 Å². The molecule has 0 saturated carbocycles. The number of aryl methyl sites for hydroxylation is 1. The summed E-state index contributed by atoms with van der Waals surface area (Å²) in [7, 11) is 0. The first-order chi connectivity index (χ1) is 14.8. The molecule has 31 heavy (non-hydrogen) atoms. The van der Waals surface area contributed by atoms with Crippen LogP contribution in [0.1, 0.15) is 61.5 Å². The van der Waals surface area contributed by atoms with E-state index < -0.39 is 0 Å². The van der Waals surface area contributed by atoms with Crippen LogP contribution in [0.2, 0.25) is 0 Å². The molecule has 164 valence electrons. The molecule has 1 aliphatic carbocycles. The van der Waals surface area contributed by atoms with Crippen LogP contribution >= 0.6 is 0 Å². The van der Waals surface area contributed by atoms with E-state index in [0.717, 1.165) is 41.9 Å². The number of ether oxygens (including phenoxy) is 1. The third-order valence-corrected chi connectivity index (χ3v) is 5.95. The van der Waals surface area contributed by atoms with Crippen molar-refractivity contribution in [3.8, 4) is 5.75 Å². The van der Waals surface area contributed by atoms with Crippen molar-refractivity contribution in [2.75, 3.05) is 11.9 Å². The Morgan fingerprint density at radius 1 is 1.29 bits per heavy atom. The molecule has 4 rings (SSSR count). The minimum atomic E-state index is -0.250. The molecule has 7 heteroatoms. The van der Waals surface area contributed by atoms with Gasteiger partial charge in [0.15, 0.2) is 5.69 Å². The lowest BCUT2D eigenvalue weighted by atomic mass is 9.71. The van der Waals surface area contributed by atoms with Crippen molar-refractivity contribution >= 4 is 11.6 Å². The van der Waals surface area contributed by atoms with Crippen LogP contribution in [0.5, 0.6) is 5.75 Å². The van der Waals surface area contributed by atoms with Crippen LogP contribution in [0.3, 0.4) is 0 Å². The standard InChI is InChI=1S/C24H30N4O3/c1-5-30-19-9-6-16(7-10-19)14-28-15-18(13-25-28)26-23(29)22-20-12-17(24(2,3)4)8-11-21(20)31-27-22/h6-7,9-10,13,15,17H,5,8,11-12,14H2,1-4H3,(H,26,29). The first-order valence-corrected chi connectivity index (χ1v) is 10.9. The van der Waals surface area contributed by atoms with E-state index >= 15 is 0 Å². The Morgan fingerprint density at radius 2 is 2.06 bits per heavy atom. The summed E-state index contributed by atoms with van der Waals surface area (Å²) < 4.78 is 12.7. The molecule has 0 saturated heterocycles. The Labute approximate surface area is 182 Å². The maximum atomic E-state index is 12.9. The van der Waals surface area contributed by atoms with E-state index in [-0.39, 0.29) is 11.3 Å². The lowest BCUT2D eigenvalue weighted by Gasteiger charge is -2.33. The number of aromatic nitrogens is 3. The van der Waals surface area contributed by atoms with E-state index in [1.54, 1.807) is 10.9 Å². The third-order valence-electron chi connectivity index (χ3n) is 5.95. The van der Waals surface area contributed by atoms with Crippen molar-refractivity contribution in [2.24, 2.45) is 11.3 Å². The van der Waals surface area contributed by atoms with Crippen LogP contribution in [0, 0.1) is 11.3 Å². The second-order valence-electron chi connectivity index (χ2n) is 9.20. The number of carbonyl (C=O) groups is 1. The predicted molar refractivity (Wildman–Crippen MR) is 118 cm³/mol. The monoisotopic (exact) mass is 422 g/mol. The number of nitrogens with zero attached hydrogens (tertiary/aromatic N) is 3. The zero-order valence-electron chi connectivity index (χ0n) is 18.6. The molecule has 0 spiro atoms. The van der Waals surface area contributed by atoms with Gasteiger partial charge in [-0.15, -0.1) is 0 Å². The van der Waals surface area contributed by atoms with Gasteiger partial charge in [0.25, 0.3) is 5.91 Å². The number of amides is 1. The van der Waals surface area contributed by atoms with Gasteiger partial charge in [-0.2, -0.15) is 5.10 Å². The molecule has 3 aromatic rings. The van der Waals surface area contributed by atoms with Gasteiger partial charge in [0.05, 0.1) is 25.0 Å². The smallest absolute Gasteiger partial charge is 0.278 e. The molecule has 0 fully saturated rings. The van der Waals surface area contributed by atoms with E-state index in [0.29, 0.717) is 30.5 Å². The molecule has 0 bridgehead atoms. The molecule has 1 amide bonds. The number of benzene rings is 1. The summed E-state index contributed by atoms with van der Waals surface area (Å²) in [5, 5.41) is 11.4. The Hall–Kier alpha value is -3.09. The second kappa shape index (κ2) is 8.57. The first-order valence-electron chi connectivity index (χ1n) is 10.9. The van der Waals surface area contributed by atoms with E-state index in [1.807, 2.05) is 37.4 Å². The van der Waals surface area contributed by atoms with Crippen LogP contribution in [-0.4, -0.2) is 27.5 Å². The van der Waals surface area contributed by atoms with Crippen LogP contribution in [-0.2, 0) is 19.4 Å². The molecule has 2 heterocycles. The topological polar surface area (TPSA) is 82.2 Å². The lowest BCUT2D eigenvalue weighted by Crippen LogP contribution is -2.27. The highest BCUT2D eigenvalue weighted by atomic mass is 16.5. The van der Waals surface area contributed by atoms with Crippen LogP contribution < -0.4 is 10.1 Å². The van der Waals surface area contributed by atoms with Crippen molar-refractivity contribution in [1.29, 1.82) is 0 Å². The minimum absolute atomic E-state index is 0.185. The molecule has 1 atom stereocenters. The van der Waals surface area contributed by atoms with Gasteiger partial charge in [0.2, 0.25) is 0 Å². The van der Waals surface area contributed by atoms with Gasteiger partial charge in [-0.1, -0.05) is 38.1 Å². The molecule has 2 aromatic heterocycles. The molecule has 1 aromatic carbocycles. The molecule has 1 N–H and O–H groups in total. The summed E-state index contributed by atoms with van der Waals surface area (Å²) in [6.45, 7) is 9.95. The number of nitrogens with one attached hydrogen (secondary N) is 1. The zero-order valence-corrected chi connectivity index (χ0v) is 18.6. The van der Waals surface area contributed by atoms with E-state index in [4.69, 9.17) is 9.26 Å². The largest absolute Gasteiger partial charge is 0.494 e. The van der Waals surface area contributed by atoms with E-state index in [9.17, 15) is 4.79 Å². The fourth-order valence-electron chi connectivity index (χ4n) is 4.07. The minimum Gasteiger partial charge on any atom is -0.494 e. The molecule has 0 aliphatic heterocycles. The quantitative estimate of drug-likeness (QED) is 0.621. The Balaban J connectivity index is 1.41. The van der Waals surface area contributed by atoms with Crippen molar-refractivity contribution < 1.29 is 14.1 Å². The first kappa shape index (κ1) is 21.2. The van der Waals surface area contributed by atoms with Crippen LogP contribution in [0.25, 0.3) is 0 Å². The van der Waals surface area contributed by atoms with E-state index in [2.05, 4.69) is 36.3 Å². The van der Waals surface area contributed by atoms with Gasteiger partial charge in [-0.05, 0) is 48.8 Å². The van der Waals surface area contributed by atoms with Crippen molar-refractivity contribution in [2.45, 2.75) is 53.5 Å². The molecule has 1 unspecified atom stereocenters. The highest BCUT2D eigenvalue weighted by Crippen LogP contribution is 2.38. The van der Waals surface area contributed by atoms with Crippen molar-refractivity contribution in [1.82, 2.24) is 14.9 Å². The number of hydrogen-bond donors (Lipinski definition) is 1. The summed E-state index contributed by atoms with van der Waals surface area (Å²) in [6, 6.07) is 7.92. The van der Waals surface area contributed by atoms with Crippen molar-refractivity contribution in [3.05, 3.63) is 59.2 Å². The lowest BCUT2D eigenvalue weighted by molar-refractivity contribution is 0.101. The third kappa shape index (κ3) is 4.81. The summed E-state index contributed by atoms with van der Waals surface area (Å²) in [6.07, 6.45) is 6.18. The maximum Gasteiger partial charge on any atom is 0.278 e. The van der Waals surface area contributed by atoms with Gasteiger partial charge >= 0.3 is 0 Å². The average Bonchev–Trinajstić information content (AvgIpc) is 3.35. The normalized spacial score (nSPS) is 16.1. The highest BCUT2D eigenvalue weighted by molar-refractivity contribution is 6.03. The molecule has 7 nitrogen and oxygen atoms in total. The zero-order chi connectivity index (χ0) is 22.0.